The van der Waals surface area contributed by atoms with Crippen molar-refractivity contribution >= 4 is 0 Å². The Balaban J connectivity index is 1.81. The molecule has 0 atom stereocenters. The number of rotatable bonds is 2. The summed E-state index contributed by atoms with van der Waals surface area (Å²) in [6.45, 7) is 2.25. The molecule has 2 rings (SSSR count). The zero-order valence-corrected chi connectivity index (χ0v) is 8.03. The first-order chi connectivity index (χ1) is 5.86. The minimum absolute atomic E-state index is 0.798. The Morgan fingerprint density at radius 3 is 2.42 bits per heavy atom. The Morgan fingerprint density at radius 2 is 1.83 bits per heavy atom. The molecule has 0 saturated heterocycles. The molecule has 0 unspecified atom stereocenters. The van der Waals surface area contributed by atoms with E-state index in [1.54, 1.807) is 5.57 Å². The summed E-state index contributed by atoms with van der Waals surface area (Å²) >= 11 is 0. The van der Waals surface area contributed by atoms with Gasteiger partial charge in [0.2, 0.25) is 0 Å². The van der Waals surface area contributed by atoms with Crippen LogP contribution in [0.15, 0.2) is 11.3 Å². The fraction of sp³-hybridized carbons (Fsp3) is 0.818. The largest absolute Gasteiger partial charge is 0.386 e. The van der Waals surface area contributed by atoms with Crippen LogP contribution in [0, 0.1) is 0 Å². The van der Waals surface area contributed by atoms with Gasteiger partial charge in [-0.15, -0.1) is 0 Å². The summed E-state index contributed by atoms with van der Waals surface area (Å²) in [6.07, 6.45) is 9.81. The second kappa shape index (κ2) is 3.51. The van der Waals surface area contributed by atoms with Gasteiger partial charge < -0.3 is 5.32 Å². The molecule has 0 aliphatic heterocycles. The van der Waals surface area contributed by atoms with Crippen molar-refractivity contribution in [2.45, 2.75) is 57.9 Å². The van der Waals surface area contributed by atoms with Gasteiger partial charge in [0, 0.05) is 11.7 Å². The van der Waals surface area contributed by atoms with Gasteiger partial charge in [-0.25, -0.2) is 0 Å². The van der Waals surface area contributed by atoms with Crippen LogP contribution in [-0.2, 0) is 0 Å². The van der Waals surface area contributed by atoms with Gasteiger partial charge in [-0.2, -0.15) is 0 Å². The van der Waals surface area contributed by atoms with Crippen LogP contribution in [0.1, 0.15) is 51.9 Å². The van der Waals surface area contributed by atoms with Crippen molar-refractivity contribution in [1.82, 2.24) is 5.32 Å². The van der Waals surface area contributed by atoms with Crippen molar-refractivity contribution in [1.29, 1.82) is 0 Å². The lowest BCUT2D eigenvalue weighted by Gasteiger charge is -2.24. The Kier molecular flexibility index (Phi) is 2.38. The monoisotopic (exact) mass is 165 g/mol. The number of hydrogen-bond acceptors (Lipinski definition) is 1. The molecule has 0 bridgehead atoms. The Labute approximate surface area is 75.2 Å². The molecule has 0 amide bonds. The molecular formula is C11H19N. The summed E-state index contributed by atoms with van der Waals surface area (Å²) in [4.78, 5) is 0. The fourth-order valence-corrected chi connectivity index (χ4v) is 2.09. The van der Waals surface area contributed by atoms with Crippen LogP contribution < -0.4 is 5.32 Å². The van der Waals surface area contributed by atoms with Gasteiger partial charge in [0.15, 0.2) is 0 Å². The molecule has 2 aliphatic carbocycles. The quantitative estimate of drug-likeness (QED) is 0.663. The minimum Gasteiger partial charge on any atom is -0.386 e. The van der Waals surface area contributed by atoms with E-state index in [9.17, 15) is 0 Å². The summed E-state index contributed by atoms with van der Waals surface area (Å²) in [5.74, 6) is 0. The molecule has 0 aromatic heterocycles. The average Bonchev–Trinajstić information content (AvgIpc) is 2.88. The van der Waals surface area contributed by atoms with Crippen LogP contribution in [-0.4, -0.2) is 6.04 Å². The van der Waals surface area contributed by atoms with Crippen molar-refractivity contribution in [3.63, 3.8) is 0 Å². The molecule has 1 nitrogen and oxygen atoms in total. The molecule has 0 radical (unpaired) electrons. The van der Waals surface area contributed by atoms with Gasteiger partial charge in [0.25, 0.3) is 0 Å². The van der Waals surface area contributed by atoms with E-state index in [4.69, 9.17) is 0 Å². The molecule has 2 fully saturated rings. The summed E-state index contributed by atoms with van der Waals surface area (Å²) in [7, 11) is 0. The van der Waals surface area contributed by atoms with E-state index in [1.165, 1.54) is 50.6 Å². The minimum atomic E-state index is 0.798. The molecule has 1 heteroatoms. The molecule has 12 heavy (non-hydrogen) atoms. The summed E-state index contributed by atoms with van der Waals surface area (Å²) in [5.41, 5.74) is 3.16. The zero-order valence-electron chi connectivity index (χ0n) is 8.03. The van der Waals surface area contributed by atoms with Crippen LogP contribution in [0.25, 0.3) is 0 Å². The maximum Gasteiger partial charge on any atom is 0.0258 e. The van der Waals surface area contributed by atoms with E-state index < -0.39 is 0 Å². The van der Waals surface area contributed by atoms with Crippen molar-refractivity contribution < 1.29 is 0 Å². The van der Waals surface area contributed by atoms with Crippen LogP contribution in [0.3, 0.4) is 0 Å². The third-order valence-electron chi connectivity index (χ3n) is 3.06. The lowest BCUT2D eigenvalue weighted by Crippen LogP contribution is -2.29. The molecule has 0 spiro atoms. The van der Waals surface area contributed by atoms with Crippen LogP contribution in [0.5, 0.6) is 0 Å². The van der Waals surface area contributed by atoms with Gasteiger partial charge in [0.1, 0.15) is 0 Å². The average molecular weight is 165 g/mol. The lowest BCUT2D eigenvalue weighted by atomic mass is 9.95. The van der Waals surface area contributed by atoms with Crippen molar-refractivity contribution in [2.24, 2.45) is 0 Å². The highest BCUT2D eigenvalue weighted by atomic mass is 14.9. The zero-order chi connectivity index (χ0) is 8.39. The summed E-state index contributed by atoms with van der Waals surface area (Å²) < 4.78 is 0. The predicted octanol–water partition coefficient (Wildman–Crippen LogP) is 2.98. The molecule has 0 heterocycles. The number of allylic oxidation sites excluding steroid dienone is 2. The van der Waals surface area contributed by atoms with Crippen LogP contribution >= 0.6 is 0 Å². The van der Waals surface area contributed by atoms with E-state index in [0.29, 0.717) is 0 Å². The SMILES string of the molecule is CC(NC1CCCCC1)=C1CC1. The molecule has 0 aromatic carbocycles. The standard InChI is InChI=1S/C11H19N/c1-9(10-7-8-10)12-11-5-3-2-4-6-11/h11-12H,2-8H2,1H3. The first kappa shape index (κ1) is 8.15. The van der Waals surface area contributed by atoms with Gasteiger partial charge in [-0.1, -0.05) is 24.8 Å². The van der Waals surface area contributed by atoms with E-state index >= 15 is 0 Å². The fourth-order valence-electron chi connectivity index (χ4n) is 2.09. The first-order valence-electron chi connectivity index (χ1n) is 5.31. The second-order valence-corrected chi connectivity index (χ2v) is 4.21. The van der Waals surface area contributed by atoms with E-state index in [2.05, 4.69) is 12.2 Å². The highest BCUT2D eigenvalue weighted by Crippen LogP contribution is 2.31. The van der Waals surface area contributed by atoms with Crippen molar-refractivity contribution in [2.75, 3.05) is 0 Å². The second-order valence-electron chi connectivity index (χ2n) is 4.21. The normalized spacial score (nSPS) is 23.9. The Morgan fingerprint density at radius 1 is 1.17 bits per heavy atom. The summed E-state index contributed by atoms with van der Waals surface area (Å²) in [6, 6.07) is 0.798. The third kappa shape index (κ3) is 2.02. The van der Waals surface area contributed by atoms with Crippen LogP contribution in [0.2, 0.25) is 0 Å². The van der Waals surface area contributed by atoms with E-state index in [0.717, 1.165) is 6.04 Å². The highest BCUT2D eigenvalue weighted by Gasteiger charge is 2.18. The molecule has 68 valence electrons. The predicted molar refractivity (Wildman–Crippen MR) is 51.9 cm³/mol. The van der Waals surface area contributed by atoms with E-state index in [1.807, 2.05) is 0 Å². The number of hydrogen-bond donors (Lipinski definition) is 1. The molecular weight excluding hydrogens is 146 g/mol. The maximum atomic E-state index is 3.66. The van der Waals surface area contributed by atoms with Gasteiger partial charge >= 0.3 is 0 Å². The Bertz CT molecular complexity index is 181. The highest BCUT2D eigenvalue weighted by molar-refractivity contribution is 5.22. The topological polar surface area (TPSA) is 12.0 Å². The Hall–Kier alpha value is -0.460. The van der Waals surface area contributed by atoms with Gasteiger partial charge in [-0.3, -0.25) is 0 Å². The first-order valence-corrected chi connectivity index (χ1v) is 5.31. The lowest BCUT2D eigenvalue weighted by molar-refractivity contribution is 0.396. The van der Waals surface area contributed by atoms with E-state index in [-0.39, 0.29) is 0 Å². The molecule has 2 aliphatic rings. The molecule has 1 N–H and O–H groups in total. The van der Waals surface area contributed by atoms with Gasteiger partial charge in [-0.05, 0) is 32.6 Å². The third-order valence-corrected chi connectivity index (χ3v) is 3.06. The molecule has 0 aromatic rings. The van der Waals surface area contributed by atoms with Gasteiger partial charge in [0.05, 0.1) is 0 Å². The smallest absolute Gasteiger partial charge is 0.0258 e. The van der Waals surface area contributed by atoms with Crippen molar-refractivity contribution in [3.05, 3.63) is 11.3 Å². The maximum absolute atomic E-state index is 3.66. The molecule has 2 saturated carbocycles. The van der Waals surface area contributed by atoms with Crippen LogP contribution in [0.4, 0.5) is 0 Å². The summed E-state index contributed by atoms with van der Waals surface area (Å²) in [5, 5.41) is 3.66. The van der Waals surface area contributed by atoms with Crippen molar-refractivity contribution in [3.8, 4) is 0 Å². The number of nitrogens with one attached hydrogen (secondary N) is 1.